The van der Waals surface area contributed by atoms with Gasteiger partial charge in [0.05, 0.1) is 6.42 Å². The van der Waals surface area contributed by atoms with Gasteiger partial charge in [-0.2, -0.15) is 0 Å². The summed E-state index contributed by atoms with van der Waals surface area (Å²) < 4.78 is 4.85. The maximum atomic E-state index is 11.0. The van der Waals surface area contributed by atoms with Gasteiger partial charge in [-0.25, -0.2) is 0 Å². The molecule has 1 aliphatic heterocycles. The highest BCUT2D eigenvalue weighted by molar-refractivity contribution is 5.83. The molecule has 5 nitrogen and oxygen atoms in total. The zero-order valence-electron chi connectivity index (χ0n) is 6.96. The molecule has 0 spiro atoms. The predicted octanol–water partition coefficient (Wildman–Crippen LogP) is -0.288. The van der Waals surface area contributed by atoms with Crippen molar-refractivity contribution in [3.63, 3.8) is 0 Å². The molecule has 0 unspecified atom stereocenters. The summed E-state index contributed by atoms with van der Waals surface area (Å²) in [6.45, 7) is 3.35. The maximum Gasteiger partial charge on any atom is 0.325 e. The average Bonchev–Trinajstić information content (AvgIpc) is 2.03. The Hall–Kier alpha value is -1.10. The predicted molar refractivity (Wildman–Crippen MR) is 39.3 cm³/mol. The van der Waals surface area contributed by atoms with Gasteiger partial charge in [0.15, 0.2) is 5.72 Å². The summed E-state index contributed by atoms with van der Waals surface area (Å²) in [5.74, 6) is -1.51. The molecule has 1 aliphatic rings. The lowest BCUT2D eigenvalue weighted by Gasteiger charge is -2.15. The number of carboxylic acid groups (broad SMARTS) is 1. The molecule has 0 aromatic carbocycles. The third-order valence-corrected chi connectivity index (χ3v) is 1.54. The van der Waals surface area contributed by atoms with Gasteiger partial charge < -0.3 is 9.84 Å². The number of hydrogen-bond donors (Lipinski definition) is 2. The van der Waals surface area contributed by atoms with Gasteiger partial charge in [0, 0.05) is 0 Å². The van der Waals surface area contributed by atoms with Crippen LogP contribution in [0.5, 0.6) is 0 Å². The van der Waals surface area contributed by atoms with Crippen molar-refractivity contribution in [3.8, 4) is 0 Å². The Labute approximate surface area is 69.7 Å². The molecule has 12 heavy (non-hydrogen) atoms. The number of ether oxygens (including phenoxy) is 1. The van der Waals surface area contributed by atoms with E-state index in [4.69, 9.17) is 9.84 Å². The first-order valence-corrected chi connectivity index (χ1v) is 3.63. The molecule has 0 aliphatic carbocycles. The molecular weight excluding hydrogens is 162 g/mol. The highest BCUT2D eigenvalue weighted by Crippen LogP contribution is 2.17. The third-order valence-electron chi connectivity index (χ3n) is 1.54. The van der Waals surface area contributed by atoms with E-state index in [1.807, 2.05) is 0 Å². The minimum atomic E-state index is -1.01. The lowest BCUT2D eigenvalue weighted by Crippen LogP contribution is -2.39. The third kappa shape index (κ3) is 1.94. The van der Waals surface area contributed by atoms with Crippen LogP contribution in [-0.2, 0) is 14.3 Å². The van der Waals surface area contributed by atoms with Crippen molar-refractivity contribution in [2.75, 3.05) is 0 Å². The van der Waals surface area contributed by atoms with E-state index in [1.54, 1.807) is 13.8 Å². The molecule has 0 aromatic heterocycles. The van der Waals surface area contributed by atoms with Gasteiger partial charge in [-0.05, 0) is 13.8 Å². The van der Waals surface area contributed by atoms with Gasteiger partial charge in [-0.1, -0.05) is 0 Å². The van der Waals surface area contributed by atoms with Gasteiger partial charge in [0.2, 0.25) is 0 Å². The highest BCUT2D eigenvalue weighted by Gasteiger charge is 2.39. The quantitative estimate of drug-likeness (QED) is 0.561. The summed E-state index contributed by atoms with van der Waals surface area (Å²) in [5.41, 5.74) is -0.739. The van der Waals surface area contributed by atoms with E-state index in [0.29, 0.717) is 0 Å². The van der Waals surface area contributed by atoms with Gasteiger partial charge in [-0.3, -0.25) is 14.9 Å². The summed E-state index contributed by atoms with van der Waals surface area (Å²) in [6.07, 6.45) is -0.234. The minimum Gasteiger partial charge on any atom is -0.481 e. The molecule has 1 saturated heterocycles. The van der Waals surface area contributed by atoms with Crippen LogP contribution in [0.25, 0.3) is 0 Å². The fourth-order valence-corrected chi connectivity index (χ4v) is 1.14. The van der Waals surface area contributed by atoms with Crippen LogP contribution >= 0.6 is 0 Å². The van der Waals surface area contributed by atoms with E-state index in [-0.39, 0.29) is 6.42 Å². The van der Waals surface area contributed by atoms with Crippen molar-refractivity contribution in [2.24, 2.45) is 0 Å². The Morgan fingerprint density at radius 3 is 2.67 bits per heavy atom. The Morgan fingerprint density at radius 1 is 1.75 bits per heavy atom. The van der Waals surface area contributed by atoms with Gasteiger partial charge in [0.1, 0.15) is 6.04 Å². The standard InChI is InChI=1S/C7H11NO4/c1-7(2)8-4(3-5(9)10)6(11)12-7/h4,8H,3H2,1-2H3,(H,9,10)/t4-/m0/s1. The SMILES string of the molecule is CC1(C)N[C@@H](CC(=O)O)C(=O)O1. The van der Waals surface area contributed by atoms with Crippen molar-refractivity contribution in [2.45, 2.75) is 32.0 Å². The van der Waals surface area contributed by atoms with Crippen LogP contribution in [0.4, 0.5) is 0 Å². The van der Waals surface area contributed by atoms with Crippen molar-refractivity contribution in [1.29, 1.82) is 0 Å². The second-order valence-electron chi connectivity index (χ2n) is 3.23. The molecule has 0 bridgehead atoms. The largest absolute Gasteiger partial charge is 0.481 e. The van der Waals surface area contributed by atoms with Crippen molar-refractivity contribution in [1.82, 2.24) is 5.32 Å². The fraction of sp³-hybridized carbons (Fsp3) is 0.714. The zero-order valence-corrected chi connectivity index (χ0v) is 6.96. The molecule has 1 heterocycles. The second kappa shape index (κ2) is 2.75. The number of carboxylic acids is 1. The van der Waals surface area contributed by atoms with Crippen LogP contribution in [0.2, 0.25) is 0 Å². The van der Waals surface area contributed by atoms with Crippen LogP contribution in [0.1, 0.15) is 20.3 Å². The minimum absolute atomic E-state index is 0.234. The first-order valence-electron chi connectivity index (χ1n) is 3.63. The Kier molecular flexibility index (Phi) is 2.06. The van der Waals surface area contributed by atoms with Crippen LogP contribution in [0, 0.1) is 0 Å². The molecule has 0 saturated carbocycles. The topological polar surface area (TPSA) is 75.6 Å². The molecule has 0 aromatic rings. The van der Waals surface area contributed by atoms with Crippen LogP contribution in [-0.4, -0.2) is 28.8 Å². The maximum absolute atomic E-state index is 11.0. The Balaban J connectivity index is 2.58. The van der Waals surface area contributed by atoms with E-state index in [9.17, 15) is 9.59 Å². The van der Waals surface area contributed by atoms with Crippen LogP contribution in [0.3, 0.4) is 0 Å². The van der Waals surface area contributed by atoms with Crippen molar-refractivity contribution in [3.05, 3.63) is 0 Å². The molecule has 68 valence electrons. The fourth-order valence-electron chi connectivity index (χ4n) is 1.14. The van der Waals surface area contributed by atoms with E-state index in [1.165, 1.54) is 0 Å². The average molecular weight is 173 g/mol. The van der Waals surface area contributed by atoms with Crippen molar-refractivity contribution < 1.29 is 19.4 Å². The molecule has 0 amide bonds. The molecule has 2 N–H and O–H groups in total. The lowest BCUT2D eigenvalue weighted by atomic mass is 10.2. The highest BCUT2D eigenvalue weighted by atomic mass is 16.6. The van der Waals surface area contributed by atoms with Gasteiger partial charge >= 0.3 is 11.9 Å². The smallest absolute Gasteiger partial charge is 0.325 e. The normalized spacial score (nSPS) is 26.8. The number of aliphatic carboxylic acids is 1. The summed E-state index contributed by atoms with van der Waals surface area (Å²) in [4.78, 5) is 21.2. The Bertz CT molecular complexity index is 223. The summed E-state index contributed by atoms with van der Waals surface area (Å²) in [5, 5.41) is 11.2. The molecular formula is C7H11NO4. The number of rotatable bonds is 2. The number of nitrogens with one attached hydrogen (secondary N) is 1. The monoisotopic (exact) mass is 173 g/mol. The number of carbonyl (C=O) groups excluding carboxylic acids is 1. The lowest BCUT2D eigenvalue weighted by molar-refractivity contribution is -0.149. The summed E-state index contributed by atoms with van der Waals surface area (Å²) in [7, 11) is 0. The van der Waals surface area contributed by atoms with E-state index < -0.39 is 23.7 Å². The van der Waals surface area contributed by atoms with Gasteiger partial charge in [0.25, 0.3) is 0 Å². The zero-order chi connectivity index (χ0) is 9.35. The molecule has 1 atom stereocenters. The molecule has 0 radical (unpaired) electrons. The van der Waals surface area contributed by atoms with Crippen LogP contribution in [0.15, 0.2) is 0 Å². The molecule has 5 heteroatoms. The summed E-state index contributed by atoms with van der Waals surface area (Å²) >= 11 is 0. The number of esters is 1. The molecule has 1 fully saturated rings. The number of hydrogen-bond acceptors (Lipinski definition) is 4. The number of cyclic esters (lactones) is 1. The van der Waals surface area contributed by atoms with E-state index in [2.05, 4.69) is 5.32 Å². The number of carbonyl (C=O) groups is 2. The Morgan fingerprint density at radius 2 is 2.33 bits per heavy atom. The summed E-state index contributed by atoms with van der Waals surface area (Å²) in [6, 6.07) is -0.711. The van der Waals surface area contributed by atoms with Crippen LogP contribution < -0.4 is 5.32 Å². The molecule has 1 rings (SSSR count). The first kappa shape index (κ1) is 8.99. The van der Waals surface area contributed by atoms with E-state index in [0.717, 1.165) is 0 Å². The first-order chi connectivity index (χ1) is 5.41. The van der Waals surface area contributed by atoms with E-state index >= 15 is 0 Å². The second-order valence-corrected chi connectivity index (χ2v) is 3.23. The van der Waals surface area contributed by atoms with Crippen molar-refractivity contribution >= 4 is 11.9 Å². The van der Waals surface area contributed by atoms with Gasteiger partial charge in [-0.15, -0.1) is 0 Å².